The van der Waals surface area contributed by atoms with Crippen molar-refractivity contribution < 1.29 is 9.59 Å². The Morgan fingerprint density at radius 2 is 1.84 bits per heavy atom. The molecule has 0 bridgehead atoms. The number of halogens is 2. The summed E-state index contributed by atoms with van der Waals surface area (Å²) in [5, 5.41) is 3.72. The third-order valence-electron chi connectivity index (χ3n) is 3.96. The number of nitrogens with one attached hydrogen (secondary N) is 1. The van der Waals surface area contributed by atoms with Gasteiger partial charge >= 0.3 is 0 Å². The normalized spacial score (nSPS) is 11.7. The summed E-state index contributed by atoms with van der Waals surface area (Å²) < 4.78 is 0. The van der Waals surface area contributed by atoms with Crippen molar-refractivity contribution in [3.63, 3.8) is 0 Å². The first-order valence-corrected chi connectivity index (χ1v) is 8.67. The molecule has 0 saturated heterocycles. The molecule has 2 aromatic carbocycles. The largest absolute Gasteiger partial charge is 0.357 e. The zero-order chi connectivity index (χ0) is 18.4. The monoisotopic (exact) mass is 378 g/mol. The summed E-state index contributed by atoms with van der Waals surface area (Å²) in [6.45, 7) is 1.96. The van der Waals surface area contributed by atoms with Crippen molar-refractivity contribution in [2.75, 3.05) is 7.05 Å². The lowest BCUT2D eigenvalue weighted by atomic mass is 10.1. The van der Waals surface area contributed by atoms with E-state index < -0.39 is 6.04 Å². The van der Waals surface area contributed by atoms with Gasteiger partial charge in [0.25, 0.3) is 0 Å². The molecule has 2 rings (SSSR count). The number of carbonyl (C=O) groups is 2. The van der Waals surface area contributed by atoms with Crippen molar-refractivity contribution >= 4 is 35.0 Å². The highest BCUT2D eigenvalue weighted by atomic mass is 35.5. The van der Waals surface area contributed by atoms with Gasteiger partial charge in [0.2, 0.25) is 11.8 Å². The lowest BCUT2D eigenvalue weighted by molar-refractivity contribution is -0.139. The molecule has 0 aliphatic carbocycles. The third-order valence-corrected chi connectivity index (χ3v) is 4.56. The Morgan fingerprint density at radius 1 is 1.12 bits per heavy atom. The average Bonchev–Trinajstić information content (AvgIpc) is 2.59. The van der Waals surface area contributed by atoms with Gasteiger partial charge in [-0.15, -0.1) is 0 Å². The van der Waals surface area contributed by atoms with Crippen LogP contribution in [0.5, 0.6) is 0 Å². The Balaban J connectivity index is 2.25. The van der Waals surface area contributed by atoms with Crippen LogP contribution >= 0.6 is 23.2 Å². The van der Waals surface area contributed by atoms with Crippen molar-refractivity contribution in [2.24, 2.45) is 0 Å². The van der Waals surface area contributed by atoms with Crippen molar-refractivity contribution in [3.05, 3.63) is 69.7 Å². The molecule has 0 unspecified atom stereocenters. The van der Waals surface area contributed by atoms with Crippen LogP contribution in [-0.4, -0.2) is 29.8 Å². The first kappa shape index (κ1) is 19.3. The summed E-state index contributed by atoms with van der Waals surface area (Å²) in [6, 6.07) is 13.8. The maximum atomic E-state index is 12.9. The summed E-state index contributed by atoms with van der Waals surface area (Å²) in [4.78, 5) is 26.5. The first-order chi connectivity index (χ1) is 11.9. The van der Waals surface area contributed by atoms with Gasteiger partial charge in [-0.1, -0.05) is 53.5 Å². The molecule has 132 valence electrons. The van der Waals surface area contributed by atoms with E-state index in [0.29, 0.717) is 10.0 Å². The Bertz CT molecular complexity index is 765. The number of amides is 2. The highest BCUT2D eigenvalue weighted by Crippen LogP contribution is 2.20. The molecule has 1 atom stereocenters. The molecule has 0 aliphatic rings. The van der Waals surface area contributed by atoms with Gasteiger partial charge in [-0.3, -0.25) is 9.59 Å². The van der Waals surface area contributed by atoms with Crippen LogP contribution in [0.1, 0.15) is 18.1 Å². The van der Waals surface area contributed by atoms with Gasteiger partial charge in [-0.25, -0.2) is 0 Å². The number of benzene rings is 2. The summed E-state index contributed by atoms with van der Waals surface area (Å²) in [6.07, 6.45) is 0.159. The Morgan fingerprint density at radius 3 is 2.48 bits per heavy atom. The minimum Gasteiger partial charge on any atom is -0.357 e. The lowest BCUT2D eigenvalue weighted by Gasteiger charge is -2.28. The SMILES string of the molecule is CNC(=O)[C@H](C)N(Cc1ccccc1Cl)C(=O)Cc1cccc(Cl)c1. The third kappa shape index (κ3) is 5.21. The van der Waals surface area contributed by atoms with Crippen LogP contribution in [0, 0.1) is 0 Å². The fourth-order valence-corrected chi connectivity index (χ4v) is 2.93. The maximum Gasteiger partial charge on any atom is 0.242 e. The van der Waals surface area contributed by atoms with Crippen molar-refractivity contribution in [1.82, 2.24) is 10.2 Å². The average molecular weight is 379 g/mol. The Labute approximate surface area is 157 Å². The van der Waals surface area contributed by atoms with Gasteiger partial charge in [0, 0.05) is 23.6 Å². The van der Waals surface area contributed by atoms with E-state index in [4.69, 9.17) is 23.2 Å². The summed E-state index contributed by atoms with van der Waals surface area (Å²) >= 11 is 12.2. The number of hydrogen-bond acceptors (Lipinski definition) is 2. The molecule has 0 radical (unpaired) electrons. The molecule has 0 aliphatic heterocycles. The fraction of sp³-hybridized carbons (Fsp3) is 0.263. The fourth-order valence-electron chi connectivity index (χ4n) is 2.52. The highest BCUT2D eigenvalue weighted by molar-refractivity contribution is 6.31. The number of hydrogen-bond donors (Lipinski definition) is 1. The molecule has 0 fully saturated rings. The van der Waals surface area contributed by atoms with Gasteiger partial charge in [0.1, 0.15) is 6.04 Å². The predicted molar refractivity (Wildman–Crippen MR) is 101 cm³/mol. The Hall–Kier alpha value is -2.04. The highest BCUT2D eigenvalue weighted by Gasteiger charge is 2.26. The van der Waals surface area contributed by atoms with E-state index >= 15 is 0 Å². The molecule has 4 nitrogen and oxygen atoms in total. The molecule has 6 heteroatoms. The van der Waals surface area contributed by atoms with E-state index in [1.54, 1.807) is 38.2 Å². The molecule has 0 aromatic heterocycles. The van der Waals surface area contributed by atoms with Crippen molar-refractivity contribution in [1.29, 1.82) is 0 Å². The minimum absolute atomic E-state index is 0.159. The van der Waals surface area contributed by atoms with Gasteiger partial charge in [0.05, 0.1) is 6.42 Å². The number of carbonyl (C=O) groups excluding carboxylic acids is 2. The number of likely N-dealkylation sites (N-methyl/N-ethyl adjacent to an activating group) is 1. The lowest BCUT2D eigenvalue weighted by Crippen LogP contribution is -2.47. The first-order valence-electron chi connectivity index (χ1n) is 7.91. The molecular weight excluding hydrogens is 359 g/mol. The number of rotatable bonds is 6. The molecule has 2 aromatic rings. The predicted octanol–water partition coefficient (Wildman–Crippen LogP) is 3.70. The van der Waals surface area contributed by atoms with E-state index in [9.17, 15) is 9.59 Å². The molecular formula is C19H20Cl2N2O2. The number of nitrogens with zero attached hydrogens (tertiary/aromatic N) is 1. The summed E-state index contributed by atoms with van der Waals surface area (Å²) in [5.41, 5.74) is 1.59. The van der Waals surface area contributed by atoms with E-state index in [-0.39, 0.29) is 24.8 Å². The minimum atomic E-state index is -0.618. The van der Waals surface area contributed by atoms with Gasteiger partial charge in [-0.05, 0) is 36.2 Å². The smallest absolute Gasteiger partial charge is 0.242 e. The van der Waals surface area contributed by atoms with Gasteiger partial charge < -0.3 is 10.2 Å². The topological polar surface area (TPSA) is 49.4 Å². The van der Waals surface area contributed by atoms with Crippen LogP contribution in [-0.2, 0) is 22.6 Å². The summed E-state index contributed by atoms with van der Waals surface area (Å²) in [7, 11) is 1.55. The van der Waals surface area contributed by atoms with Gasteiger partial charge in [0.15, 0.2) is 0 Å². The second-order valence-electron chi connectivity index (χ2n) is 5.71. The van der Waals surface area contributed by atoms with E-state index in [0.717, 1.165) is 11.1 Å². The van der Waals surface area contributed by atoms with Crippen LogP contribution in [0.25, 0.3) is 0 Å². The van der Waals surface area contributed by atoms with E-state index in [1.165, 1.54) is 4.90 Å². The van der Waals surface area contributed by atoms with Crippen molar-refractivity contribution in [2.45, 2.75) is 25.9 Å². The van der Waals surface area contributed by atoms with Crippen LogP contribution < -0.4 is 5.32 Å². The zero-order valence-electron chi connectivity index (χ0n) is 14.1. The van der Waals surface area contributed by atoms with E-state index in [1.807, 2.05) is 24.3 Å². The second-order valence-corrected chi connectivity index (χ2v) is 6.55. The standard InChI is InChI=1S/C19H20Cl2N2O2/c1-13(19(25)22-2)23(12-15-7-3-4-9-17(15)21)18(24)11-14-6-5-8-16(20)10-14/h3-10,13H,11-12H2,1-2H3,(H,22,25)/t13-/m0/s1. The van der Waals surface area contributed by atoms with E-state index in [2.05, 4.69) is 5.32 Å². The van der Waals surface area contributed by atoms with Gasteiger partial charge in [-0.2, -0.15) is 0 Å². The Kier molecular flexibility index (Phi) is 6.85. The maximum absolute atomic E-state index is 12.9. The van der Waals surface area contributed by atoms with Crippen LogP contribution in [0.15, 0.2) is 48.5 Å². The van der Waals surface area contributed by atoms with Crippen LogP contribution in [0.4, 0.5) is 0 Å². The van der Waals surface area contributed by atoms with Crippen LogP contribution in [0.2, 0.25) is 10.0 Å². The molecule has 1 N–H and O–H groups in total. The second kappa shape index (κ2) is 8.88. The molecule has 0 spiro atoms. The molecule has 25 heavy (non-hydrogen) atoms. The quantitative estimate of drug-likeness (QED) is 0.832. The summed E-state index contributed by atoms with van der Waals surface area (Å²) in [5.74, 6) is -0.398. The van der Waals surface area contributed by atoms with Crippen LogP contribution in [0.3, 0.4) is 0 Å². The molecule has 0 heterocycles. The molecule has 2 amide bonds. The zero-order valence-corrected chi connectivity index (χ0v) is 15.6. The molecule has 0 saturated carbocycles. The van der Waals surface area contributed by atoms with Crippen molar-refractivity contribution in [3.8, 4) is 0 Å².